The summed E-state index contributed by atoms with van der Waals surface area (Å²) < 4.78 is 36.4. The van der Waals surface area contributed by atoms with Crippen molar-refractivity contribution in [1.29, 1.82) is 0 Å². The minimum atomic E-state index is -4.94. The third-order valence-corrected chi connectivity index (χ3v) is 3.37. The van der Waals surface area contributed by atoms with Crippen molar-refractivity contribution in [2.45, 2.75) is 12.7 Å². The summed E-state index contributed by atoms with van der Waals surface area (Å²) in [5, 5.41) is 4.71. The van der Waals surface area contributed by atoms with E-state index in [4.69, 9.17) is 11.6 Å². The molecule has 0 atom stereocenters. The normalized spacial score (nSPS) is 11.0. The summed E-state index contributed by atoms with van der Waals surface area (Å²) in [6.07, 6.45) is -4.94. The predicted octanol–water partition coefficient (Wildman–Crippen LogP) is 3.77. The van der Waals surface area contributed by atoms with E-state index in [1.807, 2.05) is 0 Å². The van der Waals surface area contributed by atoms with E-state index in [0.29, 0.717) is 16.1 Å². The number of alkyl halides is 3. The van der Waals surface area contributed by atoms with Crippen molar-refractivity contribution in [2.75, 3.05) is 5.32 Å². The second kappa shape index (κ2) is 7.35. The van der Waals surface area contributed by atoms with E-state index in [2.05, 4.69) is 5.32 Å². The molecule has 0 spiro atoms. The summed E-state index contributed by atoms with van der Waals surface area (Å²) in [6, 6.07) is 12.2. The van der Waals surface area contributed by atoms with Crippen LogP contribution in [0.25, 0.3) is 0 Å². The van der Waals surface area contributed by atoms with Crippen LogP contribution in [0.5, 0.6) is 0 Å². The molecule has 4 nitrogen and oxygen atoms in total. The van der Waals surface area contributed by atoms with E-state index in [0.717, 1.165) is 0 Å². The quantitative estimate of drug-likeness (QED) is 0.876. The summed E-state index contributed by atoms with van der Waals surface area (Å²) in [5.41, 5.74) is 0.993. The SMILES string of the molecule is O=C(NCc1ccc(NC(=O)C(F)(F)F)cc1)c1ccccc1Cl. The third-order valence-electron chi connectivity index (χ3n) is 3.04. The number of rotatable bonds is 4. The second-order valence-electron chi connectivity index (χ2n) is 4.81. The molecule has 0 aliphatic carbocycles. The monoisotopic (exact) mass is 356 g/mol. The Balaban J connectivity index is 1.94. The number of anilines is 1. The highest BCUT2D eigenvalue weighted by Gasteiger charge is 2.38. The molecular formula is C16H12ClF3N2O2. The number of hydrogen-bond donors (Lipinski definition) is 2. The van der Waals surface area contributed by atoms with Crippen molar-refractivity contribution in [1.82, 2.24) is 5.32 Å². The highest BCUT2D eigenvalue weighted by atomic mass is 35.5. The summed E-state index contributed by atoms with van der Waals surface area (Å²) >= 11 is 5.91. The first-order chi connectivity index (χ1) is 11.3. The van der Waals surface area contributed by atoms with Gasteiger partial charge >= 0.3 is 12.1 Å². The number of hydrogen-bond acceptors (Lipinski definition) is 2. The van der Waals surface area contributed by atoms with Gasteiger partial charge in [-0.25, -0.2) is 0 Å². The van der Waals surface area contributed by atoms with Gasteiger partial charge in [0.15, 0.2) is 0 Å². The molecule has 0 aliphatic rings. The van der Waals surface area contributed by atoms with Crippen LogP contribution in [-0.2, 0) is 11.3 Å². The summed E-state index contributed by atoms with van der Waals surface area (Å²) in [5.74, 6) is -2.41. The van der Waals surface area contributed by atoms with Crippen LogP contribution in [-0.4, -0.2) is 18.0 Å². The van der Waals surface area contributed by atoms with Crippen LogP contribution in [0.1, 0.15) is 15.9 Å². The zero-order valence-electron chi connectivity index (χ0n) is 12.2. The average Bonchev–Trinajstić information content (AvgIpc) is 2.53. The molecule has 126 valence electrons. The zero-order valence-corrected chi connectivity index (χ0v) is 12.9. The lowest BCUT2D eigenvalue weighted by molar-refractivity contribution is -0.167. The van der Waals surface area contributed by atoms with E-state index >= 15 is 0 Å². The fourth-order valence-corrected chi connectivity index (χ4v) is 2.05. The van der Waals surface area contributed by atoms with Crippen LogP contribution in [0.4, 0.5) is 18.9 Å². The summed E-state index contributed by atoms with van der Waals surface area (Å²) in [4.78, 5) is 22.8. The number of carbonyl (C=O) groups is 2. The highest BCUT2D eigenvalue weighted by Crippen LogP contribution is 2.19. The van der Waals surface area contributed by atoms with Crippen molar-refractivity contribution >= 4 is 29.1 Å². The molecule has 0 heterocycles. The Morgan fingerprint density at radius 3 is 2.21 bits per heavy atom. The highest BCUT2D eigenvalue weighted by molar-refractivity contribution is 6.33. The van der Waals surface area contributed by atoms with Crippen molar-refractivity contribution < 1.29 is 22.8 Å². The van der Waals surface area contributed by atoms with E-state index in [1.54, 1.807) is 29.6 Å². The van der Waals surface area contributed by atoms with E-state index in [-0.39, 0.29) is 18.1 Å². The molecule has 0 aliphatic heterocycles. The lowest BCUT2D eigenvalue weighted by Crippen LogP contribution is -2.29. The van der Waals surface area contributed by atoms with E-state index < -0.39 is 12.1 Å². The molecular weight excluding hydrogens is 345 g/mol. The van der Waals surface area contributed by atoms with Gasteiger partial charge in [-0.2, -0.15) is 13.2 Å². The van der Waals surface area contributed by atoms with Gasteiger partial charge in [0.05, 0.1) is 10.6 Å². The van der Waals surface area contributed by atoms with Gasteiger partial charge in [-0.05, 0) is 29.8 Å². The van der Waals surface area contributed by atoms with E-state index in [1.165, 1.54) is 24.3 Å². The Bertz CT molecular complexity index is 746. The number of halogens is 4. The van der Waals surface area contributed by atoms with Crippen LogP contribution in [0.3, 0.4) is 0 Å². The van der Waals surface area contributed by atoms with Gasteiger partial charge in [0, 0.05) is 12.2 Å². The predicted molar refractivity (Wildman–Crippen MR) is 83.7 cm³/mol. The Morgan fingerprint density at radius 2 is 1.62 bits per heavy atom. The van der Waals surface area contributed by atoms with Gasteiger partial charge < -0.3 is 10.6 Å². The van der Waals surface area contributed by atoms with Crippen LogP contribution in [0.15, 0.2) is 48.5 Å². The average molecular weight is 357 g/mol. The zero-order chi connectivity index (χ0) is 17.7. The minimum Gasteiger partial charge on any atom is -0.348 e. The molecule has 0 saturated carbocycles. The third kappa shape index (κ3) is 4.73. The van der Waals surface area contributed by atoms with Crippen molar-refractivity contribution in [3.8, 4) is 0 Å². The van der Waals surface area contributed by atoms with Crippen LogP contribution in [0, 0.1) is 0 Å². The number of benzene rings is 2. The Kier molecular flexibility index (Phi) is 5.46. The first-order valence-corrected chi connectivity index (χ1v) is 7.15. The number of nitrogens with one attached hydrogen (secondary N) is 2. The smallest absolute Gasteiger partial charge is 0.348 e. The maximum atomic E-state index is 12.1. The second-order valence-corrected chi connectivity index (χ2v) is 5.22. The first kappa shape index (κ1) is 17.8. The molecule has 0 fully saturated rings. The molecule has 2 N–H and O–H groups in total. The first-order valence-electron chi connectivity index (χ1n) is 6.77. The van der Waals surface area contributed by atoms with E-state index in [9.17, 15) is 22.8 Å². The van der Waals surface area contributed by atoms with Gasteiger partial charge in [0.2, 0.25) is 0 Å². The molecule has 2 aromatic rings. The molecule has 0 unspecified atom stereocenters. The van der Waals surface area contributed by atoms with Gasteiger partial charge in [0.25, 0.3) is 5.91 Å². The molecule has 0 radical (unpaired) electrons. The van der Waals surface area contributed by atoms with Crippen molar-refractivity contribution in [3.63, 3.8) is 0 Å². The molecule has 24 heavy (non-hydrogen) atoms. The lowest BCUT2D eigenvalue weighted by Gasteiger charge is -2.09. The molecule has 0 aromatic heterocycles. The van der Waals surface area contributed by atoms with Gasteiger partial charge in [-0.15, -0.1) is 0 Å². The van der Waals surface area contributed by atoms with Crippen LogP contribution < -0.4 is 10.6 Å². The molecule has 0 bridgehead atoms. The summed E-state index contributed by atoms with van der Waals surface area (Å²) in [7, 11) is 0. The maximum absolute atomic E-state index is 12.1. The van der Waals surface area contributed by atoms with Crippen molar-refractivity contribution in [3.05, 3.63) is 64.7 Å². The molecule has 2 rings (SSSR count). The molecule has 8 heteroatoms. The molecule has 0 saturated heterocycles. The van der Waals surface area contributed by atoms with Gasteiger partial charge in [0.1, 0.15) is 0 Å². The molecule has 2 amide bonds. The van der Waals surface area contributed by atoms with Gasteiger partial charge in [-0.1, -0.05) is 35.9 Å². The number of carbonyl (C=O) groups excluding carboxylic acids is 2. The van der Waals surface area contributed by atoms with Crippen LogP contribution >= 0.6 is 11.6 Å². The largest absolute Gasteiger partial charge is 0.471 e. The molecule has 2 aromatic carbocycles. The lowest BCUT2D eigenvalue weighted by atomic mass is 10.2. The summed E-state index contributed by atoms with van der Waals surface area (Å²) in [6.45, 7) is 0.164. The Morgan fingerprint density at radius 1 is 1.00 bits per heavy atom. The fourth-order valence-electron chi connectivity index (χ4n) is 1.83. The standard InChI is InChI=1S/C16H12ClF3N2O2/c17-13-4-2-1-3-12(13)14(23)21-9-10-5-7-11(8-6-10)22-15(24)16(18,19)20/h1-8H,9H2,(H,21,23)(H,22,24). The maximum Gasteiger partial charge on any atom is 0.471 e. The van der Waals surface area contributed by atoms with Crippen LogP contribution in [0.2, 0.25) is 5.02 Å². The Hall–Kier alpha value is -2.54. The fraction of sp³-hybridized carbons (Fsp3) is 0.125. The minimum absolute atomic E-state index is 0.0125. The number of amides is 2. The van der Waals surface area contributed by atoms with Gasteiger partial charge in [-0.3, -0.25) is 9.59 Å². The topological polar surface area (TPSA) is 58.2 Å². The van der Waals surface area contributed by atoms with Crippen molar-refractivity contribution in [2.24, 2.45) is 0 Å². The Labute approximate surface area is 140 Å².